The Kier molecular flexibility index (Phi) is 6.93. The minimum Gasteiger partial charge on any atom is -0.481 e. The molecule has 100 valence electrons. The predicted molar refractivity (Wildman–Crippen MR) is 69.4 cm³/mol. The summed E-state index contributed by atoms with van der Waals surface area (Å²) in [7, 11) is 0. The van der Waals surface area contributed by atoms with Gasteiger partial charge in [0.2, 0.25) is 5.91 Å². The number of hydrogen-bond acceptors (Lipinski definition) is 4. The molecule has 0 atom stereocenters. The molecule has 7 heteroatoms. The fourth-order valence-electron chi connectivity index (χ4n) is 1.35. The third-order valence-corrected chi connectivity index (χ3v) is 3.10. The maximum atomic E-state index is 11.3. The Hall–Kier alpha value is -1.50. The highest BCUT2D eigenvalue weighted by Crippen LogP contribution is 1.98. The van der Waals surface area contributed by atoms with E-state index < -0.39 is 5.97 Å². The van der Waals surface area contributed by atoms with Crippen molar-refractivity contribution in [3.63, 3.8) is 0 Å². The SMILES string of the molecule is O=C(O)CSCC(=O)NCCCCn1ccnc1. The second-order valence-electron chi connectivity index (χ2n) is 3.74. The first kappa shape index (κ1) is 14.6. The first-order chi connectivity index (χ1) is 8.68. The van der Waals surface area contributed by atoms with E-state index in [9.17, 15) is 9.59 Å². The second-order valence-corrected chi connectivity index (χ2v) is 4.73. The summed E-state index contributed by atoms with van der Waals surface area (Å²) in [5, 5.41) is 11.2. The smallest absolute Gasteiger partial charge is 0.313 e. The summed E-state index contributed by atoms with van der Waals surface area (Å²) in [4.78, 5) is 25.4. The molecule has 18 heavy (non-hydrogen) atoms. The standard InChI is InChI=1S/C11H17N3O3S/c15-10(7-18-8-11(16)17)13-3-1-2-5-14-6-4-12-9-14/h4,6,9H,1-3,5,7-8H2,(H,13,15)(H,16,17). The minimum absolute atomic E-state index is 0.0337. The Balaban J connectivity index is 1.94. The molecule has 0 aromatic carbocycles. The lowest BCUT2D eigenvalue weighted by Gasteiger charge is -2.05. The van der Waals surface area contributed by atoms with Crippen molar-refractivity contribution in [3.05, 3.63) is 18.7 Å². The van der Waals surface area contributed by atoms with Gasteiger partial charge in [-0.05, 0) is 12.8 Å². The number of nitrogens with one attached hydrogen (secondary N) is 1. The van der Waals surface area contributed by atoms with Gasteiger partial charge in [-0.2, -0.15) is 0 Å². The van der Waals surface area contributed by atoms with Gasteiger partial charge < -0.3 is 15.0 Å². The van der Waals surface area contributed by atoms with Crippen molar-refractivity contribution in [1.29, 1.82) is 0 Å². The molecular weight excluding hydrogens is 254 g/mol. The van der Waals surface area contributed by atoms with Crippen molar-refractivity contribution < 1.29 is 14.7 Å². The van der Waals surface area contributed by atoms with E-state index in [1.54, 1.807) is 12.5 Å². The largest absolute Gasteiger partial charge is 0.481 e. The number of nitrogens with zero attached hydrogens (tertiary/aromatic N) is 2. The van der Waals surface area contributed by atoms with E-state index >= 15 is 0 Å². The number of carboxylic acids is 1. The number of rotatable bonds is 9. The van der Waals surface area contributed by atoms with E-state index in [1.165, 1.54) is 0 Å². The maximum Gasteiger partial charge on any atom is 0.313 e. The Labute approximate surface area is 110 Å². The van der Waals surface area contributed by atoms with Crippen LogP contribution in [-0.4, -0.2) is 44.6 Å². The molecule has 2 N–H and O–H groups in total. The van der Waals surface area contributed by atoms with Gasteiger partial charge in [0.15, 0.2) is 0 Å². The fourth-order valence-corrected chi connectivity index (χ4v) is 1.91. The van der Waals surface area contributed by atoms with Gasteiger partial charge >= 0.3 is 5.97 Å². The van der Waals surface area contributed by atoms with Crippen LogP contribution in [0.25, 0.3) is 0 Å². The number of hydrogen-bond donors (Lipinski definition) is 2. The molecule has 1 rings (SSSR count). The summed E-state index contributed by atoms with van der Waals surface area (Å²) < 4.78 is 1.99. The number of thioether (sulfide) groups is 1. The van der Waals surface area contributed by atoms with Gasteiger partial charge in [-0.3, -0.25) is 9.59 Å². The van der Waals surface area contributed by atoms with Crippen molar-refractivity contribution in [2.75, 3.05) is 18.1 Å². The normalized spacial score (nSPS) is 10.2. The van der Waals surface area contributed by atoms with Crippen molar-refractivity contribution >= 4 is 23.6 Å². The van der Waals surface area contributed by atoms with E-state index in [4.69, 9.17) is 5.11 Å². The summed E-state index contributed by atoms with van der Waals surface area (Å²) in [6.45, 7) is 1.52. The van der Waals surface area contributed by atoms with Crippen LogP contribution in [-0.2, 0) is 16.1 Å². The molecule has 0 saturated heterocycles. The van der Waals surface area contributed by atoms with Crippen LogP contribution >= 0.6 is 11.8 Å². The second kappa shape index (κ2) is 8.57. The third-order valence-electron chi connectivity index (χ3n) is 2.18. The number of amides is 1. The van der Waals surface area contributed by atoms with E-state index in [-0.39, 0.29) is 17.4 Å². The zero-order valence-corrected chi connectivity index (χ0v) is 10.9. The van der Waals surface area contributed by atoms with Crippen LogP contribution in [0.4, 0.5) is 0 Å². The van der Waals surface area contributed by atoms with Crippen molar-refractivity contribution in [2.45, 2.75) is 19.4 Å². The number of carbonyl (C=O) groups excluding carboxylic acids is 1. The molecule has 0 radical (unpaired) electrons. The Bertz CT molecular complexity index is 368. The minimum atomic E-state index is -0.895. The lowest BCUT2D eigenvalue weighted by atomic mass is 10.3. The van der Waals surface area contributed by atoms with Crippen LogP contribution in [0.1, 0.15) is 12.8 Å². The zero-order chi connectivity index (χ0) is 13.2. The Morgan fingerprint density at radius 2 is 2.17 bits per heavy atom. The topological polar surface area (TPSA) is 84.2 Å². The monoisotopic (exact) mass is 271 g/mol. The summed E-state index contributed by atoms with van der Waals surface area (Å²) in [5.41, 5.74) is 0. The van der Waals surface area contributed by atoms with Gasteiger partial charge in [-0.25, -0.2) is 4.98 Å². The predicted octanol–water partition coefficient (Wildman–Crippen LogP) is 0.597. The zero-order valence-electron chi connectivity index (χ0n) is 10.0. The van der Waals surface area contributed by atoms with E-state index in [0.717, 1.165) is 31.1 Å². The first-order valence-corrected chi connectivity index (χ1v) is 6.86. The van der Waals surface area contributed by atoms with E-state index in [0.29, 0.717) is 6.54 Å². The number of carbonyl (C=O) groups is 2. The molecule has 0 aliphatic carbocycles. The Morgan fingerprint density at radius 1 is 1.33 bits per heavy atom. The molecule has 1 aromatic rings. The van der Waals surface area contributed by atoms with Gasteiger partial charge in [-0.1, -0.05) is 0 Å². The maximum absolute atomic E-state index is 11.3. The average molecular weight is 271 g/mol. The fraction of sp³-hybridized carbons (Fsp3) is 0.545. The molecule has 0 fully saturated rings. The van der Waals surface area contributed by atoms with Gasteiger partial charge in [0.1, 0.15) is 0 Å². The van der Waals surface area contributed by atoms with Crippen LogP contribution in [0.2, 0.25) is 0 Å². The quantitative estimate of drug-likeness (QED) is 0.642. The van der Waals surface area contributed by atoms with Gasteiger partial charge in [0.05, 0.1) is 17.8 Å². The summed E-state index contributed by atoms with van der Waals surface area (Å²) in [6, 6.07) is 0. The van der Waals surface area contributed by atoms with Crippen molar-refractivity contribution in [3.8, 4) is 0 Å². The van der Waals surface area contributed by atoms with Crippen LogP contribution in [0.15, 0.2) is 18.7 Å². The molecule has 0 unspecified atom stereocenters. The van der Waals surface area contributed by atoms with E-state index in [1.807, 2.05) is 10.8 Å². The molecule has 0 aliphatic rings. The molecular formula is C11H17N3O3S. The highest BCUT2D eigenvalue weighted by molar-refractivity contribution is 8.00. The molecule has 0 aliphatic heterocycles. The van der Waals surface area contributed by atoms with Crippen LogP contribution < -0.4 is 5.32 Å². The average Bonchev–Trinajstić information content (AvgIpc) is 2.81. The molecule has 0 spiro atoms. The third kappa shape index (κ3) is 6.95. The van der Waals surface area contributed by atoms with Gasteiger partial charge in [-0.15, -0.1) is 11.8 Å². The Morgan fingerprint density at radius 3 is 2.83 bits per heavy atom. The summed E-state index contributed by atoms with van der Waals surface area (Å²) >= 11 is 1.11. The van der Waals surface area contributed by atoms with Gasteiger partial charge in [0.25, 0.3) is 0 Å². The molecule has 1 aromatic heterocycles. The summed E-state index contributed by atoms with van der Waals surface area (Å²) in [6.07, 6.45) is 7.27. The number of carboxylic acid groups (broad SMARTS) is 1. The van der Waals surface area contributed by atoms with Crippen LogP contribution in [0.5, 0.6) is 0 Å². The van der Waals surface area contributed by atoms with Crippen LogP contribution in [0.3, 0.4) is 0 Å². The van der Waals surface area contributed by atoms with E-state index in [2.05, 4.69) is 10.3 Å². The molecule has 0 bridgehead atoms. The number of unbranched alkanes of at least 4 members (excludes halogenated alkanes) is 1. The number of aromatic nitrogens is 2. The highest BCUT2D eigenvalue weighted by Gasteiger charge is 2.03. The van der Waals surface area contributed by atoms with Crippen molar-refractivity contribution in [2.24, 2.45) is 0 Å². The lowest BCUT2D eigenvalue weighted by Crippen LogP contribution is -2.26. The number of aryl methyl sites for hydroxylation is 1. The molecule has 1 amide bonds. The lowest BCUT2D eigenvalue weighted by molar-refractivity contribution is -0.133. The number of imidazole rings is 1. The number of aliphatic carboxylic acids is 1. The first-order valence-electron chi connectivity index (χ1n) is 5.70. The molecule has 0 saturated carbocycles. The van der Waals surface area contributed by atoms with Crippen LogP contribution in [0, 0.1) is 0 Å². The molecule has 1 heterocycles. The highest BCUT2D eigenvalue weighted by atomic mass is 32.2. The molecule has 6 nitrogen and oxygen atoms in total. The summed E-state index contributed by atoms with van der Waals surface area (Å²) in [5.74, 6) is -0.834. The van der Waals surface area contributed by atoms with Gasteiger partial charge in [0, 0.05) is 25.5 Å². The van der Waals surface area contributed by atoms with Crippen molar-refractivity contribution in [1.82, 2.24) is 14.9 Å².